The number of aliphatic hydroxyl groups excluding tert-OH is 1. The zero-order chi connectivity index (χ0) is 7.28. The first kappa shape index (κ1) is 8.78. The highest BCUT2D eigenvalue weighted by atomic mass is 19.3. The van der Waals surface area contributed by atoms with Crippen molar-refractivity contribution in [2.75, 3.05) is 13.2 Å². The number of ether oxygens (including phenoxy) is 1. The van der Waals surface area contributed by atoms with Gasteiger partial charge in [0.25, 0.3) is 6.43 Å². The van der Waals surface area contributed by atoms with E-state index in [1.807, 2.05) is 0 Å². The van der Waals surface area contributed by atoms with Crippen molar-refractivity contribution in [2.45, 2.75) is 19.5 Å². The summed E-state index contributed by atoms with van der Waals surface area (Å²) in [7, 11) is 0. The van der Waals surface area contributed by atoms with Crippen molar-refractivity contribution >= 4 is 0 Å². The minimum Gasteiger partial charge on any atom is -0.391 e. The fourth-order valence-corrected chi connectivity index (χ4v) is 0.328. The van der Waals surface area contributed by atoms with Crippen LogP contribution in [0.25, 0.3) is 0 Å². The second-order valence-electron chi connectivity index (χ2n) is 1.78. The third kappa shape index (κ3) is 7.78. The fourth-order valence-electron chi connectivity index (χ4n) is 0.328. The van der Waals surface area contributed by atoms with E-state index < -0.39 is 19.1 Å². The van der Waals surface area contributed by atoms with Crippen LogP contribution in [0.3, 0.4) is 0 Å². The normalized spacial score (nSPS) is 14.3. The van der Waals surface area contributed by atoms with Crippen molar-refractivity contribution in [2.24, 2.45) is 0 Å². The van der Waals surface area contributed by atoms with Gasteiger partial charge in [-0.25, -0.2) is 8.78 Å². The molecule has 0 fully saturated rings. The van der Waals surface area contributed by atoms with Gasteiger partial charge in [-0.05, 0) is 6.92 Å². The number of rotatable bonds is 4. The minimum absolute atomic E-state index is 0.0235. The van der Waals surface area contributed by atoms with Crippen LogP contribution < -0.4 is 0 Å². The molecule has 1 atom stereocenters. The summed E-state index contributed by atoms with van der Waals surface area (Å²) in [5, 5.41) is 8.50. The van der Waals surface area contributed by atoms with Gasteiger partial charge in [0.15, 0.2) is 0 Å². The highest BCUT2D eigenvalue weighted by Gasteiger charge is 2.02. The lowest BCUT2D eigenvalue weighted by Gasteiger charge is -2.03. The van der Waals surface area contributed by atoms with Crippen LogP contribution in [0, 0.1) is 0 Å². The molecule has 2 nitrogen and oxygen atoms in total. The molecule has 0 saturated carbocycles. The number of hydrogen-bond donors (Lipinski definition) is 1. The third-order valence-corrected chi connectivity index (χ3v) is 0.603. The average Bonchev–Trinajstić information content (AvgIpc) is 1.63. The molecule has 1 unspecified atom stereocenters. The zero-order valence-electron chi connectivity index (χ0n) is 5.18. The maximum Gasteiger partial charge on any atom is 0.261 e. The molecule has 0 aliphatic heterocycles. The van der Waals surface area contributed by atoms with Crippen LogP contribution in [0.15, 0.2) is 0 Å². The van der Waals surface area contributed by atoms with Gasteiger partial charge in [-0.2, -0.15) is 0 Å². The molecule has 0 spiro atoms. The van der Waals surface area contributed by atoms with Crippen LogP contribution in [0.5, 0.6) is 0 Å². The van der Waals surface area contributed by atoms with Crippen LogP contribution in [0.4, 0.5) is 8.78 Å². The Kier molecular flexibility index (Phi) is 4.53. The molecule has 0 heterocycles. The van der Waals surface area contributed by atoms with Gasteiger partial charge in [0.2, 0.25) is 0 Å². The summed E-state index contributed by atoms with van der Waals surface area (Å²) in [5.74, 6) is 0. The smallest absolute Gasteiger partial charge is 0.261 e. The van der Waals surface area contributed by atoms with Gasteiger partial charge in [0.05, 0.1) is 12.7 Å². The molecule has 0 bridgehead atoms. The molecular formula is C5H10F2O2. The molecule has 0 aromatic heterocycles. The highest BCUT2D eigenvalue weighted by molar-refractivity contribution is 4.41. The molecule has 0 aliphatic carbocycles. The molecule has 56 valence electrons. The minimum atomic E-state index is -2.44. The van der Waals surface area contributed by atoms with Gasteiger partial charge in [-0.3, -0.25) is 0 Å². The average molecular weight is 140 g/mol. The van der Waals surface area contributed by atoms with Gasteiger partial charge < -0.3 is 9.84 Å². The SMILES string of the molecule is CC(O)COCC(F)F. The molecule has 0 radical (unpaired) electrons. The second kappa shape index (κ2) is 4.64. The van der Waals surface area contributed by atoms with E-state index in [0.717, 1.165) is 0 Å². The Morgan fingerprint density at radius 1 is 1.44 bits per heavy atom. The summed E-state index contributed by atoms with van der Waals surface area (Å²) in [4.78, 5) is 0. The van der Waals surface area contributed by atoms with E-state index in [1.54, 1.807) is 0 Å². The summed E-state index contributed by atoms with van der Waals surface area (Å²) in [6, 6.07) is 0. The van der Waals surface area contributed by atoms with Gasteiger partial charge in [0, 0.05) is 0 Å². The Morgan fingerprint density at radius 3 is 2.33 bits per heavy atom. The number of halogens is 2. The van der Waals surface area contributed by atoms with E-state index in [9.17, 15) is 8.78 Å². The van der Waals surface area contributed by atoms with Crippen molar-refractivity contribution in [3.05, 3.63) is 0 Å². The quantitative estimate of drug-likeness (QED) is 0.621. The number of hydrogen-bond acceptors (Lipinski definition) is 2. The van der Waals surface area contributed by atoms with Crippen molar-refractivity contribution in [1.82, 2.24) is 0 Å². The van der Waals surface area contributed by atoms with E-state index in [1.165, 1.54) is 6.92 Å². The standard InChI is InChI=1S/C5H10F2O2/c1-4(8)2-9-3-5(6)7/h4-5,8H,2-3H2,1H3. The first-order chi connectivity index (χ1) is 4.13. The Bertz CT molecular complexity index is 58.0. The predicted molar refractivity (Wildman–Crippen MR) is 28.5 cm³/mol. The highest BCUT2D eigenvalue weighted by Crippen LogP contribution is 1.92. The molecule has 0 amide bonds. The van der Waals surface area contributed by atoms with Gasteiger partial charge in [-0.1, -0.05) is 0 Å². The van der Waals surface area contributed by atoms with E-state index in [0.29, 0.717) is 0 Å². The molecule has 0 saturated heterocycles. The van der Waals surface area contributed by atoms with E-state index >= 15 is 0 Å². The summed E-state index contributed by atoms with van der Waals surface area (Å²) >= 11 is 0. The first-order valence-electron chi connectivity index (χ1n) is 2.67. The fraction of sp³-hybridized carbons (Fsp3) is 1.00. The van der Waals surface area contributed by atoms with E-state index in [-0.39, 0.29) is 6.61 Å². The van der Waals surface area contributed by atoms with Crippen molar-refractivity contribution in [1.29, 1.82) is 0 Å². The van der Waals surface area contributed by atoms with Gasteiger partial charge in [0.1, 0.15) is 6.61 Å². The maximum absolute atomic E-state index is 11.3. The summed E-state index contributed by atoms with van der Waals surface area (Å²) in [6.45, 7) is 0.862. The Labute approximate surface area is 52.4 Å². The van der Waals surface area contributed by atoms with Crippen molar-refractivity contribution < 1.29 is 18.6 Å². The third-order valence-electron chi connectivity index (χ3n) is 0.603. The lowest BCUT2D eigenvalue weighted by Crippen LogP contribution is -2.14. The largest absolute Gasteiger partial charge is 0.391 e. The topological polar surface area (TPSA) is 29.5 Å². The molecule has 0 rings (SSSR count). The Morgan fingerprint density at radius 2 is 2.00 bits per heavy atom. The monoisotopic (exact) mass is 140 g/mol. The molecule has 4 heteroatoms. The summed E-state index contributed by atoms with van der Waals surface area (Å²) < 4.78 is 26.9. The van der Waals surface area contributed by atoms with E-state index in [2.05, 4.69) is 4.74 Å². The molecule has 0 aromatic carbocycles. The lowest BCUT2D eigenvalue weighted by atomic mass is 10.4. The second-order valence-corrected chi connectivity index (χ2v) is 1.78. The van der Waals surface area contributed by atoms with Crippen LogP contribution in [-0.2, 0) is 4.74 Å². The molecule has 0 aliphatic rings. The van der Waals surface area contributed by atoms with Gasteiger partial charge >= 0.3 is 0 Å². The van der Waals surface area contributed by atoms with Crippen LogP contribution in [0.2, 0.25) is 0 Å². The van der Waals surface area contributed by atoms with Crippen molar-refractivity contribution in [3.8, 4) is 0 Å². The van der Waals surface area contributed by atoms with Gasteiger partial charge in [-0.15, -0.1) is 0 Å². The summed E-state index contributed by atoms with van der Waals surface area (Å²) in [5.41, 5.74) is 0. The van der Waals surface area contributed by atoms with Crippen LogP contribution in [-0.4, -0.2) is 30.8 Å². The summed E-state index contributed by atoms with van der Waals surface area (Å²) in [6.07, 6.45) is -3.10. The Hall–Kier alpha value is -0.220. The first-order valence-corrected chi connectivity index (χ1v) is 2.67. The maximum atomic E-state index is 11.3. The predicted octanol–water partition coefficient (Wildman–Crippen LogP) is 0.649. The zero-order valence-corrected chi connectivity index (χ0v) is 5.18. The van der Waals surface area contributed by atoms with Crippen LogP contribution >= 0.6 is 0 Å². The number of alkyl halides is 2. The number of aliphatic hydroxyl groups is 1. The van der Waals surface area contributed by atoms with E-state index in [4.69, 9.17) is 5.11 Å². The Balaban J connectivity index is 2.91. The molecule has 1 N–H and O–H groups in total. The molecular weight excluding hydrogens is 130 g/mol. The lowest BCUT2D eigenvalue weighted by molar-refractivity contribution is -0.0150. The van der Waals surface area contributed by atoms with Crippen molar-refractivity contribution in [3.63, 3.8) is 0 Å². The van der Waals surface area contributed by atoms with Crippen LogP contribution in [0.1, 0.15) is 6.92 Å². The molecule has 9 heavy (non-hydrogen) atoms. The molecule has 0 aromatic rings.